The van der Waals surface area contributed by atoms with E-state index in [2.05, 4.69) is 10.6 Å². The molecule has 0 atom stereocenters. The van der Waals surface area contributed by atoms with Gasteiger partial charge in [-0.25, -0.2) is 4.57 Å². The number of rotatable bonds is 9. The summed E-state index contributed by atoms with van der Waals surface area (Å²) < 4.78 is 10.7. The maximum Gasteiger partial charge on any atom is 0.384 e. The summed E-state index contributed by atoms with van der Waals surface area (Å²) in [6.45, 7) is -0.273. The second-order valence-corrected chi connectivity index (χ2v) is 11.5. The normalized spacial score (nSPS) is 36.9. The highest BCUT2D eigenvalue weighted by atomic mass is 32.7. The first-order valence-electron chi connectivity index (χ1n) is 8.56. The van der Waals surface area contributed by atoms with Crippen LogP contribution in [-0.4, -0.2) is 41.7 Å². The fraction of sp³-hybridized carbons (Fsp3) is 1.00. The van der Waals surface area contributed by atoms with Gasteiger partial charge in [-0.3, -0.25) is 0 Å². The second kappa shape index (κ2) is 7.12. The van der Waals surface area contributed by atoms with Crippen LogP contribution >= 0.6 is 18.2 Å². The van der Waals surface area contributed by atoms with Crippen molar-refractivity contribution in [2.24, 2.45) is 23.2 Å². The molecule has 0 amide bonds. The molecule has 0 spiro atoms. The number of hydrogen-bond donors (Lipinski definition) is 4. The lowest BCUT2D eigenvalue weighted by molar-refractivity contribution is -0.0511. The molecule has 7 heteroatoms. The molecule has 4 aliphatic carbocycles. The highest BCUT2D eigenvalue weighted by Gasteiger charge is 2.50. The molecule has 4 N–H and O–H groups in total. The van der Waals surface area contributed by atoms with Crippen LogP contribution in [0.15, 0.2) is 0 Å². The van der Waals surface area contributed by atoms with Gasteiger partial charge in [-0.1, -0.05) is 0 Å². The van der Waals surface area contributed by atoms with E-state index in [-0.39, 0.29) is 0 Å². The van der Waals surface area contributed by atoms with E-state index in [0.29, 0.717) is 17.7 Å². The molecule has 4 aliphatic rings. The Kier molecular flexibility index (Phi) is 5.58. The molecule has 0 heterocycles. The minimum absolute atomic E-state index is 0.458. The van der Waals surface area contributed by atoms with Gasteiger partial charge < -0.3 is 20.4 Å². The highest BCUT2D eigenvalue weighted by molar-refractivity contribution is 8.54. The third-order valence-corrected chi connectivity index (χ3v) is 7.96. The van der Waals surface area contributed by atoms with Crippen LogP contribution in [0.1, 0.15) is 38.5 Å². The van der Waals surface area contributed by atoms with Gasteiger partial charge in [0.1, 0.15) is 0 Å². The van der Waals surface area contributed by atoms with E-state index < -0.39 is 6.80 Å². The Morgan fingerprint density at radius 1 is 0.955 bits per heavy atom. The lowest BCUT2D eigenvalue weighted by Crippen LogP contribution is -2.50. The van der Waals surface area contributed by atoms with E-state index in [9.17, 15) is 4.57 Å². The highest BCUT2D eigenvalue weighted by Crippen LogP contribution is 2.59. The summed E-state index contributed by atoms with van der Waals surface area (Å²) in [5, 5.41) is 6.87. The zero-order valence-corrected chi connectivity index (χ0v) is 14.9. The Bertz CT molecular complexity index is 394. The van der Waals surface area contributed by atoms with Gasteiger partial charge in [0, 0.05) is 31.9 Å². The standard InChI is InChI=1S/C15H29N2O3PS/c18-21(19,20)22-4-3-16-1-2-17-11-15-8-12-5-13(9-15)7-14(6-12)10-15/h12-14,16-17H,1-11H2,(H2,18,19,20). The van der Waals surface area contributed by atoms with E-state index >= 15 is 0 Å². The third-order valence-electron chi connectivity index (χ3n) is 5.68. The van der Waals surface area contributed by atoms with Crippen LogP contribution in [0.25, 0.3) is 0 Å². The second-order valence-electron chi connectivity index (χ2n) is 7.67. The van der Waals surface area contributed by atoms with Crippen molar-refractivity contribution >= 4 is 18.2 Å². The van der Waals surface area contributed by atoms with Crippen LogP contribution in [-0.2, 0) is 4.57 Å². The van der Waals surface area contributed by atoms with Gasteiger partial charge in [0.2, 0.25) is 0 Å². The van der Waals surface area contributed by atoms with Crippen molar-refractivity contribution in [3.05, 3.63) is 0 Å². The van der Waals surface area contributed by atoms with Crippen LogP contribution in [0.2, 0.25) is 0 Å². The summed E-state index contributed by atoms with van der Waals surface area (Å²) in [6, 6.07) is 0. The summed E-state index contributed by atoms with van der Waals surface area (Å²) in [6.07, 6.45) is 8.82. The monoisotopic (exact) mass is 348 g/mol. The van der Waals surface area contributed by atoms with Crippen molar-refractivity contribution in [3.8, 4) is 0 Å². The zero-order valence-electron chi connectivity index (χ0n) is 13.2. The van der Waals surface area contributed by atoms with E-state index in [1.54, 1.807) is 0 Å². The first-order chi connectivity index (χ1) is 10.4. The van der Waals surface area contributed by atoms with E-state index in [4.69, 9.17) is 9.79 Å². The molecule has 0 radical (unpaired) electrons. The molecule has 0 aromatic heterocycles. The molecule has 0 unspecified atom stereocenters. The average Bonchev–Trinajstić information content (AvgIpc) is 2.39. The Labute approximate surface area is 137 Å². The van der Waals surface area contributed by atoms with Crippen LogP contribution in [0.5, 0.6) is 0 Å². The summed E-state index contributed by atoms with van der Waals surface area (Å²) in [5.41, 5.74) is 0.588. The Hall–Kier alpha value is 0.420. The van der Waals surface area contributed by atoms with Crippen molar-refractivity contribution in [1.82, 2.24) is 10.6 Å². The van der Waals surface area contributed by atoms with Crippen molar-refractivity contribution in [1.29, 1.82) is 0 Å². The minimum Gasteiger partial charge on any atom is -0.317 e. The van der Waals surface area contributed by atoms with Gasteiger partial charge in [-0.2, -0.15) is 0 Å². The summed E-state index contributed by atoms with van der Waals surface area (Å²) >= 11 is 0.720. The molecule has 5 nitrogen and oxygen atoms in total. The molecule has 4 saturated carbocycles. The predicted octanol–water partition coefficient (Wildman–Crippen LogP) is 2.21. The maximum absolute atomic E-state index is 10.7. The molecule has 0 aromatic rings. The lowest BCUT2D eigenvalue weighted by Gasteiger charge is -2.57. The first kappa shape index (κ1) is 17.2. The number of hydrogen-bond acceptors (Lipinski definition) is 4. The Morgan fingerprint density at radius 2 is 1.50 bits per heavy atom. The lowest BCUT2D eigenvalue weighted by atomic mass is 9.49. The van der Waals surface area contributed by atoms with Gasteiger partial charge in [0.05, 0.1) is 0 Å². The molecule has 4 rings (SSSR count). The summed E-state index contributed by atoms with van der Waals surface area (Å²) in [5.74, 6) is 3.49. The van der Waals surface area contributed by atoms with Gasteiger partial charge in [0.25, 0.3) is 0 Å². The molecule has 4 fully saturated rings. The Morgan fingerprint density at radius 3 is 2.05 bits per heavy atom. The van der Waals surface area contributed by atoms with E-state index in [1.807, 2.05) is 0 Å². The molecule has 0 aromatic carbocycles. The van der Waals surface area contributed by atoms with Crippen molar-refractivity contribution in [3.63, 3.8) is 0 Å². The zero-order chi connectivity index (χ0) is 15.6. The topological polar surface area (TPSA) is 81.6 Å². The van der Waals surface area contributed by atoms with Gasteiger partial charge in [0.15, 0.2) is 0 Å². The number of nitrogens with one attached hydrogen (secondary N) is 2. The molecule has 128 valence electrons. The van der Waals surface area contributed by atoms with E-state index in [1.165, 1.54) is 38.5 Å². The maximum atomic E-state index is 10.7. The molecule has 0 aliphatic heterocycles. The van der Waals surface area contributed by atoms with Crippen molar-refractivity contribution in [2.45, 2.75) is 38.5 Å². The predicted molar refractivity (Wildman–Crippen MR) is 90.8 cm³/mol. The Balaban J connectivity index is 1.27. The van der Waals surface area contributed by atoms with Gasteiger partial charge >= 0.3 is 6.80 Å². The van der Waals surface area contributed by atoms with Crippen LogP contribution in [0.3, 0.4) is 0 Å². The quantitative estimate of drug-likeness (QED) is 0.378. The first-order valence-corrected chi connectivity index (χ1v) is 11.8. The van der Waals surface area contributed by atoms with Crippen LogP contribution < -0.4 is 10.6 Å². The van der Waals surface area contributed by atoms with Crippen LogP contribution in [0, 0.1) is 23.2 Å². The van der Waals surface area contributed by atoms with Gasteiger partial charge in [-0.15, -0.1) is 0 Å². The average molecular weight is 348 g/mol. The van der Waals surface area contributed by atoms with Crippen molar-refractivity contribution < 1.29 is 14.4 Å². The fourth-order valence-corrected chi connectivity index (χ4v) is 6.86. The summed E-state index contributed by atoms with van der Waals surface area (Å²) in [7, 11) is 0. The van der Waals surface area contributed by atoms with Gasteiger partial charge in [-0.05, 0) is 73.1 Å². The molecular weight excluding hydrogens is 319 g/mol. The van der Waals surface area contributed by atoms with Crippen LogP contribution in [0.4, 0.5) is 0 Å². The SMILES string of the molecule is O=P(O)(O)SCCNCCNCC12CC3CC(CC(C3)C1)C2. The molecule has 4 bridgehead atoms. The smallest absolute Gasteiger partial charge is 0.317 e. The minimum atomic E-state index is -3.90. The summed E-state index contributed by atoms with van der Waals surface area (Å²) in [4.78, 5) is 17.5. The van der Waals surface area contributed by atoms with Crippen molar-refractivity contribution in [2.75, 3.05) is 31.9 Å². The third kappa shape index (κ3) is 4.71. The largest absolute Gasteiger partial charge is 0.384 e. The molecule has 0 saturated heterocycles. The van der Waals surface area contributed by atoms with E-state index in [0.717, 1.165) is 48.8 Å². The molecule has 22 heavy (non-hydrogen) atoms. The molecular formula is C15H29N2O3PS. The fourth-order valence-electron chi connectivity index (χ4n) is 5.40.